The number of halogens is 1. The number of ether oxygens (including phenoxy) is 1. The Morgan fingerprint density at radius 3 is 3.00 bits per heavy atom. The second kappa shape index (κ2) is 5.80. The topological polar surface area (TPSA) is 39.1 Å². The number of hydrogen-bond acceptors (Lipinski definition) is 3. The van der Waals surface area contributed by atoms with E-state index in [0.717, 1.165) is 17.3 Å². The lowest BCUT2D eigenvalue weighted by atomic mass is 10.3. The summed E-state index contributed by atoms with van der Waals surface area (Å²) in [5.74, 6) is 1.40. The Morgan fingerprint density at radius 2 is 2.32 bits per heavy atom. The molecular formula is C14H16ClN3O. The number of nitrogens with zero attached hydrogens (tertiary/aromatic N) is 2. The zero-order valence-corrected chi connectivity index (χ0v) is 11.7. The Morgan fingerprint density at radius 1 is 1.53 bits per heavy atom. The minimum absolute atomic E-state index is 0.582. The van der Waals surface area contributed by atoms with Gasteiger partial charge in [0.05, 0.1) is 17.8 Å². The van der Waals surface area contributed by atoms with Crippen molar-refractivity contribution < 1.29 is 4.74 Å². The number of benzene rings is 1. The summed E-state index contributed by atoms with van der Waals surface area (Å²) in [6.45, 7) is 6.39. The second-order valence-electron chi connectivity index (χ2n) is 4.12. The molecule has 1 N–H and O–H groups in total. The van der Waals surface area contributed by atoms with Gasteiger partial charge in [-0.15, -0.1) is 6.58 Å². The van der Waals surface area contributed by atoms with E-state index in [9.17, 15) is 0 Å². The molecule has 0 fully saturated rings. The van der Waals surface area contributed by atoms with E-state index in [1.807, 2.05) is 35.9 Å². The van der Waals surface area contributed by atoms with Gasteiger partial charge in [0.2, 0.25) is 5.95 Å². The van der Waals surface area contributed by atoms with Crippen molar-refractivity contribution in [2.24, 2.45) is 0 Å². The van der Waals surface area contributed by atoms with Crippen LogP contribution >= 0.6 is 11.6 Å². The van der Waals surface area contributed by atoms with Gasteiger partial charge in [-0.25, -0.2) is 4.98 Å². The Hall–Kier alpha value is -1.94. The number of rotatable bonds is 5. The SMILES string of the molecule is C=CCn1cc(C)nc1Nc1ccc(Cl)c(OC)c1. The smallest absolute Gasteiger partial charge is 0.207 e. The zero-order chi connectivity index (χ0) is 13.8. The molecule has 4 nitrogen and oxygen atoms in total. The monoisotopic (exact) mass is 277 g/mol. The van der Waals surface area contributed by atoms with Crippen LogP contribution in [0.5, 0.6) is 5.75 Å². The number of methoxy groups -OCH3 is 1. The van der Waals surface area contributed by atoms with Crippen LogP contribution in [0.4, 0.5) is 11.6 Å². The van der Waals surface area contributed by atoms with Gasteiger partial charge >= 0.3 is 0 Å². The van der Waals surface area contributed by atoms with E-state index in [1.165, 1.54) is 0 Å². The van der Waals surface area contributed by atoms with E-state index < -0.39 is 0 Å². The van der Waals surface area contributed by atoms with Crippen molar-refractivity contribution in [3.8, 4) is 5.75 Å². The predicted molar refractivity (Wildman–Crippen MR) is 78.4 cm³/mol. The first-order valence-corrected chi connectivity index (χ1v) is 6.27. The quantitative estimate of drug-likeness (QED) is 0.845. The van der Waals surface area contributed by atoms with Crippen LogP contribution < -0.4 is 10.1 Å². The molecule has 0 bridgehead atoms. The first-order valence-electron chi connectivity index (χ1n) is 5.89. The summed E-state index contributed by atoms with van der Waals surface area (Å²) >= 11 is 6.00. The molecule has 2 aromatic rings. The summed E-state index contributed by atoms with van der Waals surface area (Å²) < 4.78 is 7.18. The Labute approximate surface area is 117 Å². The summed E-state index contributed by atoms with van der Waals surface area (Å²) in [7, 11) is 1.59. The molecule has 100 valence electrons. The van der Waals surface area contributed by atoms with Crippen LogP contribution in [0.1, 0.15) is 5.69 Å². The van der Waals surface area contributed by atoms with E-state index >= 15 is 0 Å². The Bertz CT molecular complexity index is 592. The van der Waals surface area contributed by atoms with Crippen molar-refractivity contribution >= 4 is 23.2 Å². The average Bonchev–Trinajstić information content (AvgIpc) is 2.72. The van der Waals surface area contributed by atoms with Gasteiger partial charge in [-0.2, -0.15) is 0 Å². The minimum atomic E-state index is 0.582. The summed E-state index contributed by atoms with van der Waals surface area (Å²) in [5.41, 5.74) is 1.82. The van der Waals surface area contributed by atoms with Gasteiger partial charge < -0.3 is 14.6 Å². The molecule has 5 heteroatoms. The van der Waals surface area contributed by atoms with Crippen LogP contribution in [0.25, 0.3) is 0 Å². The molecule has 0 aliphatic carbocycles. The molecule has 0 aliphatic rings. The van der Waals surface area contributed by atoms with Crippen molar-refractivity contribution in [3.63, 3.8) is 0 Å². The lowest BCUT2D eigenvalue weighted by Gasteiger charge is -2.10. The molecule has 1 aromatic carbocycles. The number of hydrogen-bond donors (Lipinski definition) is 1. The zero-order valence-electron chi connectivity index (χ0n) is 11.0. The molecule has 1 heterocycles. The van der Waals surface area contributed by atoms with Crippen LogP contribution in [-0.4, -0.2) is 16.7 Å². The van der Waals surface area contributed by atoms with Crippen molar-refractivity contribution in [3.05, 3.63) is 47.8 Å². The third-order valence-electron chi connectivity index (χ3n) is 2.63. The number of anilines is 2. The number of allylic oxidation sites excluding steroid dienone is 1. The first kappa shape index (κ1) is 13.5. The largest absolute Gasteiger partial charge is 0.495 e. The fraction of sp³-hybridized carbons (Fsp3) is 0.214. The van der Waals surface area contributed by atoms with E-state index in [2.05, 4.69) is 16.9 Å². The van der Waals surface area contributed by atoms with Crippen LogP contribution in [-0.2, 0) is 6.54 Å². The summed E-state index contributed by atoms with van der Waals surface area (Å²) in [6, 6.07) is 5.51. The molecule has 0 spiro atoms. The summed E-state index contributed by atoms with van der Waals surface area (Å²) in [4.78, 5) is 4.43. The highest BCUT2D eigenvalue weighted by Gasteiger charge is 2.07. The molecule has 0 saturated heterocycles. The van der Waals surface area contributed by atoms with Crippen molar-refractivity contribution in [2.45, 2.75) is 13.5 Å². The number of imidazole rings is 1. The van der Waals surface area contributed by atoms with Gasteiger partial charge in [-0.1, -0.05) is 17.7 Å². The molecule has 0 atom stereocenters. The van der Waals surface area contributed by atoms with Crippen LogP contribution in [0, 0.1) is 6.92 Å². The second-order valence-corrected chi connectivity index (χ2v) is 4.53. The lowest BCUT2D eigenvalue weighted by molar-refractivity contribution is 0.415. The Kier molecular flexibility index (Phi) is 4.12. The molecule has 0 unspecified atom stereocenters. The third kappa shape index (κ3) is 3.09. The van der Waals surface area contributed by atoms with Gasteiger partial charge in [0, 0.05) is 24.5 Å². The number of nitrogens with one attached hydrogen (secondary N) is 1. The maximum atomic E-state index is 6.00. The lowest BCUT2D eigenvalue weighted by Crippen LogP contribution is -2.02. The highest BCUT2D eigenvalue weighted by Crippen LogP contribution is 2.28. The van der Waals surface area contributed by atoms with E-state index in [1.54, 1.807) is 13.2 Å². The molecule has 2 rings (SSSR count). The highest BCUT2D eigenvalue weighted by atomic mass is 35.5. The van der Waals surface area contributed by atoms with Gasteiger partial charge in [0.25, 0.3) is 0 Å². The van der Waals surface area contributed by atoms with Gasteiger partial charge in [0.15, 0.2) is 0 Å². The van der Waals surface area contributed by atoms with Crippen molar-refractivity contribution in [2.75, 3.05) is 12.4 Å². The van der Waals surface area contributed by atoms with Crippen molar-refractivity contribution in [1.82, 2.24) is 9.55 Å². The molecule has 19 heavy (non-hydrogen) atoms. The van der Waals surface area contributed by atoms with Gasteiger partial charge in [-0.05, 0) is 19.1 Å². The fourth-order valence-corrected chi connectivity index (χ4v) is 1.99. The number of aromatic nitrogens is 2. The fourth-order valence-electron chi connectivity index (χ4n) is 1.79. The maximum absolute atomic E-state index is 6.00. The highest BCUT2D eigenvalue weighted by molar-refractivity contribution is 6.32. The predicted octanol–water partition coefficient (Wildman–Crippen LogP) is 3.78. The van der Waals surface area contributed by atoms with Crippen LogP contribution in [0.3, 0.4) is 0 Å². The van der Waals surface area contributed by atoms with E-state index in [-0.39, 0.29) is 0 Å². The average molecular weight is 278 g/mol. The summed E-state index contributed by atoms with van der Waals surface area (Å²) in [6.07, 6.45) is 3.80. The van der Waals surface area contributed by atoms with E-state index in [0.29, 0.717) is 17.3 Å². The molecule has 0 aliphatic heterocycles. The molecule has 1 aromatic heterocycles. The minimum Gasteiger partial charge on any atom is -0.495 e. The van der Waals surface area contributed by atoms with Gasteiger partial charge in [-0.3, -0.25) is 0 Å². The maximum Gasteiger partial charge on any atom is 0.207 e. The Balaban J connectivity index is 2.27. The summed E-state index contributed by atoms with van der Waals surface area (Å²) in [5, 5.41) is 3.83. The van der Waals surface area contributed by atoms with Crippen LogP contribution in [0.2, 0.25) is 5.02 Å². The standard InChI is InChI=1S/C14H16ClN3O/c1-4-7-18-9-10(2)16-14(18)17-11-5-6-12(15)13(8-11)19-3/h4-6,8-9H,1,7H2,2-3H3,(H,16,17). The first-order chi connectivity index (χ1) is 9.13. The van der Waals surface area contributed by atoms with Crippen molar-refractivity contribution in [1.29, 1.82) is 0 Å². The van der Waals surface area contributed by atoms with Gasteiger partial charge in [0.1, 0.15) is 5.75 Å². The normalized spacial score (nSPS) is 10.3. The third-order valence-corrected chi connectivity index (χ3v) is 2.94. The molecule has 0 amide bonds. The number of aryl methyl sites for hydroxylation is 1. The van der Waals surface area contributed by atoms with Crippen LogP contribution in [0.15, 0.2) is 37.1 Å². The molecular weight excluding hydrogens is 262 g/mol. The molecule has 0 saturated carbocycles. The molecule has 0 radical (unpaired) electrons. The van der Waals surface area contributed by atoms with E-state index in [4.69, 9.17) is 16.3 Å².